The summed E-state index contributed by atoms with van der Waals surface area (Å²) in [6, 6.07) is 0. The Morgan fingerprint density at radius 1 is 1.40 bits per heavy atom. The number of hydrogen-bond acceptors (Lipinski definition) is 4. The number of nitrogens with zero attached hydrogens (tertiary/aromatic N) is 1. The summed E-state index contributed by atoms with van der Waals surface area (Å²) in [5, 5.41) is 0. The van der Waals surface area contributed by atoms with Crippen LogP contribution in [-0.2, 0) is 14.3 Å². The van der Waals surface area contributed by atoms with E-state index in [2.05, 4.69) is 6.92 Å². The van der Waals surface area contributed by atoms with Crippen LogP contribution in [0.1, 0.15) is 39.5 Å². The fraction of sp³-hybridized carbons (Fsp3) is 0.933. The Bertz CT molecular complexity index is 321. The van der Waals surface area contributed by atoms with E-state index in [4.69, 9.17) is 15.2 Å². The standard InChI is InChI=1S/C15H28N2O3/c1-12-3-5-15(11-16,6-4-12)20-13(2)14(18)17-7-9-19-10-8-17/h12-13H,3-11,16H2,1-2H3. The molecule has 2 N–H and O–H groups in total. The van der Waals surface area contributed by atoms with Crippen LogP contribution in [0.5, 0.6) is 0 Å². The molecule has 0 radical (unpaired) electrons. The molecule has 0 spiro atoms. The van der Waals surface area contributed by atoms with Crippen LogP contribution in [0, 0.1) is 5.92 Å². The van der Waals surface area contributed by atoms with Crippen molar-refractivity contribution in [3.63, 3.8) is 0 Å². The van der Waals surface area contributed by atoms with Crippen molar-refractivity contribution in [2.45, 2.75) is 51.2 Å². The summed E-state index contributed by atoms with van der Waals surface area (Å²) in [7, 11) is 0. The number of morpholine rings is 1. The lowest BCUT2D eigenvalue weighted by atomic mass is 9.79. The number of nitrogens with two attached hydrogens (primary N) is 1. The molecule has 5 heteroatoms. The van der Waals surface area contributed by atoms with Crippen molar-refractivity contribution in [1.29, 1.82) is 0 Å². The number of rotatable bonds is 4. The highest BCUT2D eigenvalue weighted by molar-refractivity contribution is 5.80. The van der Waals surface area contributed by atoms with E-state index in [9.17, 15) is 4.79 Å². The molecule has 116 valence electrons. The summed E-state index contributed by atoms with van der Waals surface area (Å²) < 4.78 is 11.4. The molecule has 20 heavy (non-hydrogen) atoms. The molecule has 1 amide bonds. The van der Waals surface area contributed by atoms with Gasteiger partial charge in [0, 0.05) is 19.6 Å². The fourth-order valence-electron chi connectivity index (χ4n) is 3.12. The van der Waals surface area contributed by atoms with Gasteiger partial charge in [0.25, 0.3) is 5.91 Å². The molecule has 0 aromatic carbocycles. The molecule has 1 aliphatic heterocycles. The van der Waals surface area contributed by atoms with E-state index < -0.39 is 6.10 Å². The van der Waals surface area contributed by atoms with E-state index in [1.165, 1.54) is 0 Å². The molecule has 2 fully saturated rings. The Morgan fingerprint density at radius 2 is 2.00 bits per heavy atom. The maximum absolute atomic E-state index is 12.4. The third kappa shape index (κ3) is 3.71. The molecular formula is C15H28N2O3. The molecule has 1 unspecified atom stereocenters. The Labute approximate surface area is 121 Å². The zero-order valence-corrected chi connectivity index (χ0v) is 12.8. The highest BCUT2D eigenvalue weighted by Gasteiger charge is 2.37. The van der Waals surface area contributed by atoms with Crippen LogP contribution in [0.2, 0.25) is 0 Å². The van der Waals surface area contributed by atoms with Crippen molar-refractivity contribution in [2.24, 2.45) is 11.7 Å². The van der Waals surface area contributed by atoms with Gasteiger partial charge in [0.15, 0.2) is 0 Å². The van der Waals surface area contributed by atoms with Crippen molar-refractivity contribution in [1.82, 2.24) is 4.90 Å². The van der Waals surface area contributed by atoms with Crippen LogP contribution in [-0.4, -0.2) is 55.4 Å². The first-order chi connectivity index (χ1) is 9.56. The lowest BCUT2D eigenvalue weighted by Gasteiger charge is -2.41. The minimum absolute atomic E-state index is 0.0692. The lowest BCUT2D eigenvalue weighted by Crippen LogP contribution is -2.51. The van der Waals surface area contributed by atoms with Crippen molar-refractivity contribution in [3.05, 3.63) is 0 Å². The fourth-order valence-corrected chi connectivity index (χ4v) is 3.12. The summed E-state index contributed by atoms with van der Waals surface area (Å²) in [6.07, 6.45) is 3.78. The van der Waals surface area contributed by atoms with Crippen molar-refractivity contribution < 1.29 is 14.3 Å². The SMILES string of the molecule is CC1CCC(CN)(OC(C)C(=O)N2CCOCC2)CC1. The Kier molecular flexibility index (Phi) is 5.41. The lowest BCUT2D eigenvalue weighted by molar-refractivity contribution is -0.163. The minimum atomic E-state index is -0.412. The van der Waals surface area contributed by atoms with Gasteiger partial charge < -0.3 is 20.1 Å². The number of ether oxygens (including phenoxy) is 2. The molecule has 2 rings (SSSR count). The molecule has 5 nitrogen and oxygen atoms in total. The maximum atomic E-state index is 12.4. The summed E-state index contributed by atoms with van der Waals surface area (Å²) in [6.45, 7) is 7.20. The highest BCUT2D eigenvalue weighted by Crippen LogP contribution is 2.35. The van der Waals surface area contributed by atoms with Crippen LogP contribution in [0.3, 0.4) is 0 Å². The van der Waals surface area contributed by atoms with Gasteiger partial charge in [-0.15, -0.1) is 0 Å². The average Bonchev–Trinajstić information content (AvgIpc) is 2.50. The molecule has 0 bridgehead atoms. The first-order valence-corrected chi connectivity index (χ1v) is 7.81. The smallest absolute Gasteiger partial charge is 0.251 e. The number of carbonyl (C=O) groups excluding carboxylic acids is 1. The number of carbonyl (C=O) groups is 1. The van der Waals surface area contributed by atoms with E-state index in [1.54, 1.807) is 0 Å². The molecule has 1 atom stereocenters. The van der Waals surface area contributed by atoms with Crippen molar-refractivity contribution in [2.75, 3.05) is 32.8 Å². The number of hydrogen-bond donors (Lipinski definition) is 1. The summed E-state index contributed by atoms with van der Waals surface area (Å²) in [5.41, 5.74) is 5.64. The van der Waals surface area contributed by atoms with E-state index in [-0.39, 0.29) is 11.5 Å². The predicted octanol–water partition coefficient (Wildman–Crippen LogP) is 1.16. The topological polar surface area (TPSA) is 64.8 Å². The molecule has 2 aliphatic rings. The van der Waals surface area contributed by atoms with Crippen molar-refractivity contribution >= 4 is 5.91 Å². The normalized spacial score (nSPS) is 33.0. The Balaban J connectivity index is 1.91. The van der Waals surface area contributed by atoms with E-state index in [0.717, 1.165) is 31.6 Å². The van der Waals surface area contributed by atoms with Crippen LogP contribution >= 0.6 is 0 Å². The molecule has 0 aromatic rings. The van der Waals surface area contributed by atoms with Gasteiger partial charge in [-0.25, -0.2) is 0 Å². The van der Waals surface area contributed by atoms with Gasteiger partial charge in [0.1, 0.15) is 6.10 Å². The van der Waals surface area contributed by atoms with Gasteiger partial charge in [-0.2, -0.15) is 0 Å². The van der Waals surface area contributed by atoms with E-state index >= 15 is 0 Å². The summed E-state index contributed by atoms with van der Waals surface area (Å²) in [5.74, 6) is 0.809. The van der Waals surface area contributed by atoms with Gasteiger partial charge in [0.2, 0.25) is 0 Å². The third-order valence-electron chi connectivity index (χ3n) is 4.65. The zero-order valence-electron chi connectivity index (χ0n) is 12.8. The monoisotopic (exact) mass is 284 g/mol. The average molecular weight is 284 g/mol. The Hall–Kier alpha value is -0.650. The molecular weight excluding hydrogens is 256 g/mol. The first kappa shape index (κ1) is 15.7. The van der Waals surface area contributed by atoms with Gasteiger partial charge in [0.05, 0.1) is 18.8 Å². The second kappa shape index (κ2) is 6.87. The Morgan fingerprint density at radius 3 is 2.55 bits per heavy atom. The second-order valence-corrected chi connectivity index (χ2v) is 6.27. The quantitative estimate of drug-likeness (QED) is 0.841. The highest BCUT2D eigenvalue weighted by atomic mass is 16.5. The second-order valence-electron chi connectivity index (χ2n) is 6.27. The summed E-state index contributed by atoms with van der Waals surface area (Å²) >= 11 is 0. The van der Waals surface area contributed by atoms with E-state index in [0.29, 0.717) is 32.8 Å². The van der Waals surface area contributed by atoms with Crippen LogP contribution in [0.25, 0.3) is 0 Å². The molecule has 1 aliphatic carbocycles. The third-order valence-corrected chi connectivity index (χ3v) is 4.65. The van der Waals surface area contributed by atoms with Gasteiger partial charge >= 0.3 is 0 Å². The van der Waals surface area contributed by atoms with Gasteiger partial charge in [-0.1, -0.05) is 6.92 Å². The predicted molar refractivity (Wildman–Crippen MR) is 77.4 cm³/mol. The number of amides is 1. The zero-order chi connectivity index (χ0) is 14.6. The maximum Gasteiger partial charge on any atom is 0.251 e. The van der Waals surface area contributed by atoms with Crippen LogP contribution in [0.15, 0.2) is 0 Å². The van der Waals surface area contributed by atoms with Crippen LogP contribution in [0.4, 0.5) is 0 Å². The molecule has 1 saturated heterocycles. The minimum Gasteiger partial charge on any atom is -0.378 e. The van der Waals surface area contributed by atoms with Gasteiger partial charge in [-0.3, -0.25) is 4.79 Å². The molecule has 1 saturated carbocycles. The van der Waals surface area contributed by atoms with Gasteiger partial charge in [-0.05, 0) is 38.5 Å². The molecule has 0 aromatic heterocycles. The van der Waals surface area contributed by atoms with Crippen molar-refractivity contribution in [3.8, 4) is 0 Å². The summed E-state index contributed by atoms with van der Waals surface area (Å²) in [4.78, 5) is 14.2. The van der Waals surface area contributed by atoms with E-state index in [1.807, 2.05) is 11.8 Å². The molecule has 1 heterocycles. The largest absolute Gasteiger partial charge is 0.378 e. The van der Waals surface area contributed by atoms with Crippen LogP contribution < -0.4 is 5.73 Å². The first-order valence-electron chi connectivity index (χ1n) is 7.81.